The van der Waals surface area contributed by atoms with Crippen molar-refractivity contribution in [3.63, 3.8) is 0 Å². The molecule has 1 aliphatic heterocycles. The molecule has 6 nitrogen and oxygen atoms in total. The third-order valence-corrected chi connectivity index (χ3v) is 5.95. The Morgan fingerprint density at radius 3 is 2.43 bits per heavy atom. The summed E-state index contributed by atoms with van der Waals surface area (Å²) < 4.78 is 25.6. The van der Waals surface area contributed by atoms with Gasteiger partial charge in [-0.15, -0.1) is 24.8 Å². The molecule has 124 valence electrons. The first-order valence-corrected chi connectivity index (χ1v) is 8.30. The summed E-state index contributed by atoms with van der Waals surface area (Å²) in [5.41, 5.74) is 0.939. The molecule has 1 N–H and O–H groups in total. The number of aryl methyl sites for hydroxylation is 1. The molecule has 1 aliphatic rings. The second-order valence-electron chi connectivity index (χ2n) is 4.65. The van der Waals surface area contributed by atoms with E-state index < -0.39 is 7.60 Å². The van der Waals surface area contributed by atoms with Crippen LogP contribution < -0.4 is 5.32 Å². The number of hydrogen-bond acceptors (Lipinski definition) is 5. The standard InChI is InChI=1S/C12H22N3O3P.2ClH/c1-4-17-19(16,18-5-2)12-8-13-7-11(12)10-6-14-15(3)9-10;;/h6,9,11-13H,4-5,7-8H2,1-3H3;2*1H. The molecule has 2 rings (SSSR count). The molecular weight excluding hydrogens is 336 g/mol. The summed E-state index contributed by atoms with van der Waals surface area (Å²) in [5, 5.41) is 7.47. The zero-order valence-corrected chi connectivity index (χ0v) is 15.0. The van der Waals surface area contributed by atoms with Gasteiger partial charge in [0.2, 0.25) is 0 Å². The Kier molecular flexibility index (Phi) is 9.09. The molecule has 9 heteroatoms. The van der Waals surface area contributed by atoms with E-state index in [1.807, 2.05) is 33.3 Å². The van der Waals surface area contributed by atoms with Crippen LogP contribution >= 0.6 is 32.4 Å². The van der Waals surface area contributed by atoms with Crippen molar-refractivity contribution in [1.82, 2.24) is 15.1 Å². The molecule has 0 aromatic carbocycles. The van der Waals surface area contributed by atoms with E-state index in [9.17, 15) is 4.57 Å². The van der Waals surface area contributed by atoms with Gasteiger partial charge in [-0.3, -0.25) is 9.25 Å². The number of halogens is 2. The topological polar surface area (TPSA) is 65.4 Å². The maximum absolute atomic E-state index is 12.9. The van der Waals surface area contributed by atoms with E-state index in [1.165, 1.54) is 0 Å². The molecule has 1 aromatic heterocycles. The highest BCUT2D eigenvalue weighted by Gasteiger charge is 2.44. The van der Waals surface area contributed by atoms with Crippen molar-refractivity contribution in [2.24, 2.45) is 7.05 Å². The predicted octanol–water partition coefficient (Wildman–Crippen LogP) is 2.59. The average Bonchev–Trinajstić information content (AvgIpc) is 2.97. The minimum atomic E-state index is -3.08. The van der Waals surface area contributed by atoms with Gasteiger partial charge in [0.25, 0.3) is 0 Å². The van der Waals surface area contributed by atoms with Gasteiger partial charge < -0.3 is 14.4 Å². The second-order valence-corrected chi connectivity index (χ2v) is 6.91. The molecule has 21 heavy (non-hydrogen) atoms. The summed E-state index contributed by atoms with van der Waals surface area (Å²) in [6.45, 7) is 5.90. The van der Waals surface area contributed by atoms with Gasteiger partial charge in [-0.1, -0.05) is 0 Å². The van der Waals surface area contributed by atoms with Crippen LogP contribution in [0.4, 0.5) is 0 Å². The van der Waals surface area contributed by atoms with Gasteiger partial charge >= 0.3 is 7.60 Å². The fraction of sp³-hybridized carbons (Fsp3) is 0.750. The van der Waals surface area contributed by atoms with Crippen LogP contribution in [0.3, 0.4) is 0 Å². The molecular formula is C12H24Cl2N3O3P. The molecule has 2 unspecified atom stereocenters. The van der Waals surface area contributed by atoms with Crippen LogP contribution in [0.15, 0.2) is 12.4 Å². The number of hydrogen-bond donors (Lipinski definition) is 1. The average molecular weight is 360 g/mol. The van der Waals surface area contributed by atoms with Crippen molar-refractivity contribution in [3.8, 4) is 0 Å². The predicted molar refractivity (Wildman–Crippen MR) is 88.0 cm³/mol. The van der Waals surface area contributed by atoms with Crippen molar-refractivity contribution in [3.05, 3.63) is 18.0 Å². The van der Waals surface area contributed by atoms with E-state index in [1.54, 1.807) is 4.68 Å². The minimum Gasteiger partial charge on any atom is -0.315 e. The zero-order valence-electron chi connectivity index (χ0n) is 12.5. The van der Waals surface area contributed by atoms with Gasteiger partial charge in [-0.2, -0.15) is 5.10 Å². The molecule has 0 aliphatic carbocycles. The van der Waals surface area contributed by atoms with Crippen molar-refractivity contribution >= 4 is 32.4 Å². The molecule has 0 radical (unpaired) electrons. The van der Waals surface area contributed by atoms with Crippen molar-refractivity contribution in [1.29, 1.82) is 0 Å². The lowest BCUT2D eigenvalue weighted by Crippen LogP contribution is -2.21. The maximum atomic E-state index is 12.9. The maximum Gasteiger partial charge on any atom is 0.335 e. The molecule has 0 saturated carbocycles. The van der Waals surface area contributed by atoms with Gasteiger partial charge in [0, 0.05) is 32.3 Å². The third-order valence-electron chi connectivity index (χ3n) is 3.36. The van der Waals surface area contributed by atoms with E-state index in [2.05, 4.69) is 10.4 Å². The van der Waals surface area contributed by atoms with Gasteiger partial charge in [0.15, 0.2) is 0 Å². The Labute approximate surface area is 138 Å². The molecule has 0 spiro atoms. The molecule has 0 amide bonds. The van der Waals surface area contributed by atoms with Crippen LogP contribution in [0.25, 0.3) is 0 Å². The SMILES string of the molecule is CCOP(=O)(OCC)C1CNCC1c1cnn(C)c1.Cl.Cl. The van der Waals surface area contributed by atoms with Crippen molar-refractivity contribution in [2.75, 3.05) is 26.3 Å². The molecule has 1 aromatic rings. The fourth-order valence-electron chi connectivity index (χ4n) is 2.56. The Hall–Kier alpha value is -0.100. The van der Waals surface area contributed by atoms with Gasteiger partial charge in [-0.25, -0.2) is 0 Å². The van der Waals surface area contributed by atoms with E-state index in [0.717, 1.165) is 12.1 Å². The van der Waals surface area contributed by atoms with Crippen LogP contribution in [0, 0.1) is 0 Å². The smallest absolute Gasteiger partial charge is 0.315 e. The normalized spacial score (nSPS) is 21.7. The number of aromatic nitrogens is 2. The first-order valence-electron chi connectivity index (χ1n) is 6.68. The Bertz CT molecular complexity index is 462. The first kappa shape index (κ1) is 20.9. The van der Waals surface area contributed by atoms with E-state index in [-0.39, 0.29) is 36.4 Å². The highest BCUT2D eigenvalue weighted by Crippen LogP contribution is 2.58. The summed E-state index contributed by atoms with van der Waals surface area (Å²) in [6, 6.07) is 0. The largest absolute Gasteiger partial charge is 0.335 e. The number of nitrogens with one attached hydrogen (secondary N) is 1. The van der Waals surface area contributed by atoms with Crippen LogP contribution in [-0.4, -0.2) is 41.7 Å². The third kappa shape index (κ3) is 4.68. The monoisotopic (exact) mass is 359 g/mol. The first-order chi connectivity index (χ1) is 9.10. The lowest BCUT2D eigenvalue weighted by Gasteiger charge is -2.26. The molecule has 0 bridgehead atoms. The quantitative estimate of drug-likeness (QED) is 0.790. The van der Waals surface area contributed by atoms with E-state index in [0.29, 0.717) is 19.8 Å². The zero-order chi connectivity index (χ0) is 13.9. The molecule has 1 saturated heterocycles. The Balaban J connectivity index is 0.00000200. The van der Waals surface area contributed by atoms with Crippen LogP contribution in [0.2, 0.25) is 0 Å². The molecule has 2 heterocycles. The highest BCUT2D eigenvalue weighted by molar-refractivity contribution is 7.54. The lowest BCUT2D eigenvalue weighted by atomic mass is 10.0. The van der Waals surface area contributed by atoms with E-state index >= 15 is 0 Å². The Morgan fingerprint density at radius 1 is 1.33 bits per heavy atom. The van der Waals surface area contributed by atoms with Crippen molar-refractivity contribution in [2.45, 2.75) is 25.4 Å². The van der Waals surface area contributed by atoms with Crippen LogP contribution in [-0.2, 0) is 20.7 Å². The number of nitrogens with zero attached hydrogens (tertiary/aromatic N) is 2. The molecule has 2 atom stereocenters. The summed E-state index contributed by atoms with van der Waals surface area (Å²) >= 11 is 0. The molecule has 1 fully saturated rings. The van der Waals surface area contributed by atoms with Gasteiger partial charge in [0.05, 0.1) is 25.1 Å². The highest BCUT2D eigenvalue weighted by atomic mass is 35.5. The van der Waals surface area contributed by atoms with Gasteiger partial charge in [-0.05, 0) is 19.4 Å². The number of rotatable bonds is 6. The summed E-state index contributed by atoms with van der Waals surface area (Å²) in [6.07, 6.45) is 3.79. The Morgan fingerprint density at radius 2 is 1.95 bits per heavy atom. The second kappa shape index (κ2) is 9.13. The van der Waals surface area contributed by atoms with Crippen LogP contribution in [0.1, 0.15) is 25.3 Å². The van der Waals surface area contributed by atoms with Gasteiger partial charge in [0.1, 0.15) is 0 Å². The fourth-order valence-corrected chi connectivity index (χ4v) is 4.81. The summed E-state index contributed by atoms with van der Waals surface area (Å²) in [4.78, 5) is 0. The van der Waals surface area contributed by atoms with Crippen LogP contribution in [0.5, 0.6) is 0 Å². The van der Waals surface area contributed by atoms with Crippen molar-refractivity contribution < 1.29 is 13.6 Å². The lowest BCUT2D eigenvalue weighted by molar-refractivity contribution is 0.211. The van der Waals surface area contributed by atoms with E-state index in [4.69, 9.17) is 9.05 Å². The summed E-state index contributed by atoms with van der Waals surface area (Å²) in [7, 11) is -1.20. The summed E-state index contributed by atoms with van der Waals surface area (Å²) in [5.74, 6) is 0.123. The minimum absolute atomic E-state index is 0.